The normalized spacial score (nSPS) is 29.9. The van der Waals surface area contributed by atoms with E-state index in [2.05, 4.69) is 19.2 Å². The molecule has 0 radical (unpaired) electrons. The van der Waals surface area contributed by atoms with Gasteiger partial charge in [0.1, 0.15) is 0 Å². The molecule has 3 nitrogen and oxygen atoms in total. The molecule has 100 valence electrons. The zero-order chi connectivity index (χ0) is 12.7. The maximum Gasteiger partial charge on any atom is 0.305 e. The van der Waals surface area contributed by atoms with E-state index in [9.17, 15) is 4.79 Å². The fraction of sp³-hybridized carbons (Fsp3) is 0.929. The van der Waals surface area contributed by atoms with Gasteiger partial charge in [0.05, 0.1) is 6.42 Å². The molecule has 2 unspecified atom stereocenters. The molecule has 3 heteroatoms. The number of nitrogens with one attached hydrogen (secondary N) is 1. The number of aliphatic carboxylic acids is 1. The number of hydrogen-bond acceptors (Lipinski definition) is 2. The lowest BCUT2D eigenvalue weighted by Gasteiger charge is -2.32. The molecular formula is C14H27NO2. The van der Waals surface area contributed by atoms with Crippen molar-refractivity contribution in [3.63, 3.8) is 0 Å². The SMILES string of the molecule is CCCC1CCCC(CC(=O)O)(NCC)CC1. The van der Waals surface area contributed by atoms with E-state index >= 15 is 0 Å². The summed E-state index contributed by atoms with van der Waals surface area (Å²) in [4.78, 5) is 11.0. The first-order valence-electron chi connectivity index (χ1n) is 7.08. The summed E-state index contributed by atoms with van der Waals surface area (Å²) in [5.41, 5.74) is -0.136. The first kappa shape index (κ1) is 14.5. The van der Waals surface area contributed by atoms with Crippen molar-refractivity contribution in [1.29, 1.82) is 0 Å². The van der Waals surface area contributed by atoms with Crippen LogP contribution in [0.4, 0.5) is 0 Å². The van der Waals surface area contributed by atoms with Gasteiger partial charge < -0.3 is 10.4 Å². The molecule has 1 aliphatic carbocycles. The van der Waals surface area contributed by atoms with Crippen molar-refractivity contribution in [2.75, 3.05) is 6.54 Å². The molecule has 2 N–H and O–H groups in total. The topological polar surface area (TPSA) is 49.3 Å². The Kier molecular flexibility index (Phi) is 5.96. The lowest BCUT2D eigenvalue weighted by molar-refractivity contribution is -0.138. The third-order valence-electron chi connectivity index (χ3n) is 4.04. The lowest BCUT2D eigenvalue weighted by Crippen LogP contribution is -2.46. The van der Waals surface area contributed by atoms with Crippen molar-refractivity contribution < 1.29 is 9.90 Å². The summed E-state index contributed by atoms with van der Waals surface area (Å²) in [6.07, 6.45) is 8.51. The molecule has 0 amide bonds. The molecule has 0 heterocycles. The highest BCUT2D eigenvalue weighted by Gasteiger charge is 2.34. The van der Waals surface area contributed by atoms with Crippen LogP contribution in [0.15, 0.2) is 0 Å². The minimum absolute atomic E-state index is 0.136. The second kappa shape index (κ2) is 7.00. The fourth-order valence-corrected chi connectivity index (χ4v) is 3.26. The molecule has 0 spiro atoms. The van der Waals surface area contributed by atoms with Crippen LogP contribution in [0.5, 0.6) is 0 Å². The molecule has 1 rings (SSSR count). The maximum absolute atomic E-state index is 11.0. The molecule has 0 aromatic rings. The Morgan fingerprint density at radius 3 is 2.71 bits per heavy atom. The highest BCUT2D eigenvalue weighted by atomic mass is 16.4. The van der Waals surface area contributed by atoms with Crippen LogP contribution in [0.3, 0.4) is 0 Å². The van der Waals surface area contributed by atoms with Crippen LogP contribution in [0.1, 0.15) is 65.2 Å². The van der Waals surface area contributed by atoms with E-state index in [0.29, 0.717) is 0 Å². The third kappa shape index (κ3) is 4.66. The van der Waals surface area contributed by atoms with Crippen LogP contribution in [0.25, 0.3) is 0 Å². The summed E-state index contributed by atoms with van der Waals surface area (Å²) in [5.74, 6) is 0.147. The smallest absolute Gasteiger partial charge is 0.305 e. The molecule has 2 atom stereocenters. The highest BCUT2D eigenvalue weighted by Crippen LogP contribution is 2.34. The second-order valence-corrected chi connectivity index (χ2v) is 5.47. The van der Waals surface area contributed by atoms with Crippen molar-refractivity contribution in [1.82, 2.24) is 5.32 Å². The molecule has 1 saturated carbocycles. The number of rotatable bonds is 6. The zero-order valence-electron chi connectivity index (χ0n) is 11.3. The number of carbonyl (C=O) groups is 1. The van der Waals surface area contributed by atoms with Gasteiger partial charge in [-0.2, -0.15) is 0 Å². The largest absolute Gasteiger partial charge is 0.481 e. The van der Waals surface area contributed by atoms with Gasteiger partial charge in [0.15, 0.2) is 0 Å². The fourth-order valence-electron chi connectivity index (χ4n) is 3.26. The number of hydrogen-bond donors (Lipinski definition) is 2. The molecule has 17 heavy (non-hydrogen) atoms. The van der Waals surface area contributed by atoms with E-state index in [-0.39, 0.29) is 12.0 Å². The van der Waals surface area contributed by atoms with E-state index < -0.39 is 5.97 Å². The van der Waals surface area contributed by atoms with Crippen molar-refractivity contribution in [3.05, 3.63) is 0 Å². The first-order chi connectivity index (χ1) is 8.12. The first-order valence-corrected chi connectivity index (χ1v) is 7.08. The molecule has 0 aliphatic heterocycles. The monoisotopic (exact) mass is 241 g/mol. The zero-order valence-corrected chi connectivity index (χ0v) is 11.3. The predicted molar refractivity (Wildman–Crippen MR) is 70.1 cm³/mol. The number of carboxylic acids is 1. The predicted octanol–water partition coefficient (Wildman–Crippen LogP) is 3.19. The standard InChI is InChI=1S/C14H27NO2/c1-3-6-12-7-5-9-14(10-8-12,15-4-2)11-13(16)17/h12,15H,3-11H2,1-2H3,(H,16,17). The van der Waals surface area contributed by atoms with E-state index in [0.717, 1.165) is 25.3 Å². The molecular weight excluding hydrogens is 214 g/mol. The molecule has 0 aromatic heterocycles. The van der Waals surface area contributed by atoms with E-state index in [1.54, 1.807) is 0 Å². The van der Waals surface area contributed by atoms with Gasteiger partial charge >= 0.3 is 5.97 Å². The van der Waals surface area contributed by atoms with Gasteiger partial charge in [-0.3, -0.25) is 4.79 Å². The average molecular weight is 241 g/mol. The Bertz CT molecular complexity index is 242. The van der Waals surface area contributed by atoms with E-state index in [4.69, 9.17) is 5.11 Å². The van der Waals surface area contributed by atoms with Gasteiger partial charge in [0, 0.05) is 5.54 Å². The van der Waals surface area contributed by atoms with Gasteiger partial charge in [0.2, 0.25) is 0 Å². The average Bonchev–Trinajstić information content (AvgIpc) is 2.42. The molecule has 0 bridgehead atoms. The van der Waals surface area contributed by atoms with Gasteiger partial charge in [-0.15, -0.1) is 0 Å². The Morgan fingerprint density at radius 1 is 1.35 bits per heavy atom. The second-order valence-electron chi connectivity index (χ2n) is 5.47. The Balaban J connectivity index is 2.61. The lowest BCUT2D eigenvalue weighted by atomic mass is 9.86. The third-order valence-corrected chi connectivity index (χ3v) is 4.04. The van der Waals surface area contributed by atoms with Crippen molar-refractivity contribution in [3.8, 4) is 0 Å². The van der Waals surface area contributed by atoms with Gasteiger partial charge in [0.25, 0.3) is 0 Å². The summed E-state index contributed by atoms with van der Waals surface area (Å²) in [6.45, 7) is 5.17. The van der Waals surface area contributed by atoms with Crippen LogP contribution in [-0.2, 0) is 4.79 Å². The van der Waals surface area contributed by atoms with Gasteiger partial charge in [-0.25, -0.2) is 0 Å². The molecule has 1 aliphatic rings. The summed E-state index contributed by atoms with van der Waals surface area (Å²) in [7, 11) is 0. The van der Waals surface area contributed by atoms with Crippen LogP contribution >= 0.6 is 0 Å². The minimum atomic E-state index is -0.667. The summed E-state index contributed by atoms with van der Waals surface area (Å²) in [5, 5.41) is 12.5. The molecule has 0 aromatic carbocycles. The Labute approximate surface area is 105 Å². The summed E-state index contributed by atoms with van der Waals surface area (Å²) in [6, 6.07) is 0. The molecule has 1 fully saturated rings. The van der Waals surface area contributed by atoms with E-state index in [1.165, 1.54) is 32.1 Å². The van der Waals surface area contributed by atoms with Crippen molar-refractivity contribution in [2.45, 2.75) is 70.8 Å². The highest BCUT2D eigenvalue weighted by molar-refractivity contribution is 5.68. The Morgan fingerprint density at radius 2 is 2.12 bits per heavy atom. The number of carboxylic acid groups (broad SMARTS) is 1. The van der Waals surface area contributed by atoms with Crippen LogP contribution in [-0.4, -0.2) is 23.2 Å². The minimum Gasteiger partial charge on any atom is -0.481 e. The van der Waals surface area contributed by atoms with Crippen LogP contribution in [0.2, 0.25) is 0 Å². The van der Waals surface area contributed by atoms with E-state index in [1.807, 2.05) is 0 Å². The van der Waals surface area contributed by atoms with Gasteiger partial charge in [-0.1, -0.05) is 39.5 Å². The quantitative estimate of drug-likeness (QED) is 0.702. The Hall–Kier alpha value is -0.570. The van der Waals surface area contributed by atoms with Gasteiger partial charge in [-0.05, 0) is 31.7 Å². The van der Waals surface area contributed by atoms with Crippen LogP contribution in [0, 0.1) is 5.92 Å². The summed E-state index contributed by atoms with van der Waals surface area (Å²) < 4.78 is 0. The van der Waals surface area contributed by atoms with Crippen molar-refractivity contribution >= 4 is 5.97 Å². The maximum atomic E-state index is 11.0. The summed E-state index contributed by atoms with van der Waals surface area (Å²) >= 11 is 0. The van der Waals surface area contributed by atoms with Crippen LogP contribution < -0.4 is 5.32 Å². The molecule has 0 saturated heterocycles. The van der Waals surface area contributed by atoms with Crippen molar-refractivity contribution in [2.24, 2.45) is 5.92 Å².